The monoisotopic (exact) mass is 377 g/mol. The maximum atomic E-state index is 4.53. The highest BCUT2D eigenvalue weighted by Crippen LogP contribution is 2.26. The molecule has 0 radical (unpaired) electrons. The average Bonchev–Trinajstić information content (AvgIpc) is 3.07. The molecule has 0 saturated carbocycles. The van der Waals surface area contributed by atoms with E-state index in [-0.39, 0.29) is 0 Å². The van der Waals surface area contributed by atoms with Gasteiger partial charge in [-0.15, -0.1) is 0 Å². The molecule has 0 atom stereocenters. The van der Waals surface area contributed by atoms with E-state index in [1.165, 1.54) is 17.3 Å². The van der Waals surface area contributed by atoms with Gasteiger partial charge in [-0.2, -0.15) is 23.7 Å². The minimum atomic E-state index is 0.466. The van der Waals surface area contributed by atoms with Crippen LogP contribution < -0.4 is 10.6 Å². The first-order valence-corrected chi connectivity index (χ1v) is 9.28. The molecular weight excluding hydrogens is 358 g/mol. The number of rotatable bonds is 4. The Labute approximate surface area is 161 Å². The maximum absolute atomic E-state index is 4.53. The molecule has 0 aliphatic heterocycles. The SMILES string of the molecule is Cc1cc(C)c(Nc2nc(C)nc(Nc3cccc4nsnc34)n2)c(C)c1. The molecule has 4 rings (SSSR count). The summed E-state index contributed by atoms with van der Waals surface area (Å²) >= 11 is 1.18. The van der Waals surface area contributed by atoms with Crippen LogP contribution in [0.2, 0.25) is 0 Å². The van der Waals surface area contributed by atoms with E-state index in [0.29, 0.717) is 17.7 Å². The largest absolute Gasteiger partial charge is 0.324 e. The van der Waals surface area contributed by atoms with Crippen LogP contribution in [0, 0.1) is 27.7 Å². The number of aromatic nitrogens is 5. The molecule has 0 aliphatic carbocycles. The van der Waals surface area contributed by atoms with E-state index in [0.717, 1.165) is 33.5 Å². The number of hydrogen-bond donors (Lipinski definition) is 2. The van der Waals surface area contributed by atoms with Crippen molar-refractivity contribution in [3.63, 3.8) is 0 Å². The Kier molecular flexibility index (Phi) is 4.41. The van der Waals surface area contributed by atoms with E-state index in [9.17, 15) is 0 Å². The molecule has 7 nitrogen and oxygen atoms in total. The minimum absolute atomic E-state index is 0.466. The smallest absolute Gasteiger partial charge is 0.232 e. The molecule has 27 heavy (non-hydrogen) atoms. The molecule has 0 amide bonds. The summed E-state index contributed by atoms with van der Waals surface area (Å²) in [6, 6.07) is 10.1. The highest BCUT2D eigenvalue weighted by atomic mass is 32.1. The zero-order chi connectivity index (χ0) is 19.0. The molecule has 2 aromatic carbocycles. The third-order valence-corrected chi connectivity index (χ3v) is 4.74. The standard InChI is InChI=1S/C19H19N7S/c1-10-8-11(2)16(12(3)9-10)23-19-21-13(4)20-18(24-19)22-14-6-5-7-15-17(14)26-27-25-15/h5-9H,1-4H3,(H2,20,21,22,23,24). The summed E-state index contributed by atoms with van der Waals surface area (Å²) in [7, 11) is 0. The van der Waals surface area contributed by atoms with Crippen molar-refractivity contribution in [2.45, 2.75) is 27.7 Å². The second kappa shape index (κ2) is 6.88. The van der Waals surface area contributed by atoms with Gasteiger partial charge in [-0.05, 0) is 51.0 Å². The van der Waals surface area contributed by atoms with Crippen molar-refractivity contribution in [3.8, 4) is 0 Å². The summed E-state index contributed by atoms with van der Waals surface area (Å²) in [5.74, 6) is 1.59. The van der Waals surface area contributed by atoms with Crippen LogP contribution in [0.1, 0.15) is 22.5 Å². The van der Waals surface area contributed by atoms with Gasteiger partial charge in [0.1, 0.15) is 16.9 Å². The Balaban J connectivity index is 1.67. The molecule has 0 aliphatic rings. The molecule has 2 heterocycles. The normalized spacial score (nSPS) is 11.0. The molecule has 0 unspecified atom stereocenters. The Morgan fingerprint density at radius 2 is 1.52 bits per heavy atom. The fourth-order valence-electron chi connectivity index (χ4n) is 3.11. The van der Waals surface area contributed by atoms with Crippen LogP contribution in [0.5, 0.6) is 0 Å². The van der Waals surface area contributed by atoms with Crippen molar-refractivity contribution in [2.75, 3.05) is 10.6 Å². The van der Waals surface area contributed by atoms with Gasteiger partial charge in [0.25, 0.3) is 0 Å². The van der Waals surface area contributed by atoms with E-state index in [1.54, 1.807) is 0 Å². The van der Waals surface area contributed by atoms with Crippen LogP contribution in [0.25, 0.3) is 11.0 Å². The van der Waals surface area contributed by atoms with E-state index in [1.807, 2.05) is 25.1 Å². The predicted octanol–water partition coefficient (Wildman–Crippen LogP) is 4.60. The molecule has 0 spiro atoms. The number of aryl methyl sites for hydroxylation is 4. The van der Waals surface area contributed by atoms with Crippen molar-refractivity contribution in [1.29, 1.82) is 0 Å². The Morgan fingerprint density at radius 3 is 2.26 bits per heavy atom. The zero-order valence-electron chi connectivity index (χ0n) is 15.5. The predicted molar refractivity (Wildman–Crippen MR) is 109 cm³/mol. The summed E-state index contributed by atoms with van der Waals surface area (Å²) in [5, 5.41) is 6.58. The Hall–Kier alpha value is -3.13. The van der Waals surface area contributed by atoms with Crippen molar-refractivity contribution in [3.05, 3.63) is 52.8 Å². The van der Waals surface area contributed by atoms with Crippen LogP contribution in [0.15, 0.2) is 30.3 Å². The van der Waals surface area contributed by atoms with Gasteiger partial charge in [-0.25, -0.2) is 0 Å². The highest BCUT2D eigenvalue weighted by molar-refractivity contribution is 7.00. The lowest BCUT2D eigenvalue weighted by Crippen LogP contribution is -2.07. The second-order valence-corrected chi connectivity index (χ2v) is 7.02. The van der Waals surface area contributed by atoms with Crippen molar-refractivity contribution in [2.24, 2.45) is 0 Å². The fraction of sp³-hybridized carbons (Fsp3) is 0.211. The number of benzene rings is 2. The molecule has 0 bridgehead atoms. The Bertz CT molecular complexity index is 1110. The molecular formula is C19H19N7S. The summed E-state index contributed by atoms with van der Waals surface area (Å²) in [5.41, 5.74) is 7.02. The van der Waals surface area contributed by atoms with E-state index in [4.69, 9.17) is 0 Å². The quantitative estimate of drug-likeness (QED) is 0.537. The molecule has 4 aromatic rings. The lowest BCUT2D eigenvalue weighted by Gasteiger charge is -2.14. The first-order chi connectivity index (χ1) is 13.0. The van der Waals surface area contributed by atoms with Crippen molar-refractivity contribution < 1.29 is 0 Å². The topological polar surface area (TPSA) is 88.5 Å². The number of hydrogen-bond acceptors (Lipinski definition) is 8. The van der Waals surface area contributed by atoms with Crippen LogP contribution in [0.4, 0.5) is 23.3 Å². The highest BCUT2D eigenvalue weighted by Gasteiger charge is 2.11. The molecule has 0 fully saturated rings. The molecule has 2 aromatic heterocycles. The number of nitrogens with one attached hydrogen (secondary N) is 2. The van der Waals surface area contributed by atoms with Crippen molar-refractivity contribution in [1.82, 2.24) is 23.7 Å². The lowest BCUT2D eigenvalue weighted by molar-refractivity contribution is 0.988. The van der Waals surface area contributed by atoms with Crippen LogP contribution in [-0.4, -0.2) is 23.7 Å². The summed E-state index contributed by atoms with van der Waals surface area (Å²) in [6.45, 7) is 8.08. The van der Waals surface area contributed by atoms with Gasteiger partial charge >= 0.3 is 0 Å². The summed E-state index contributed by atoms with van der Waals surface area (Å²) in [6.07, 6.45) is 0. The average molecular weight is 377 g/mol. The van der Waals surface area contributed by atoms with Gasteiger partial charge in [0.05, 0.1) is 17.4 Å². The van der Waals surface area contributed by atoms with E-state index >= 15 is 0 Å². The molecule has 0 saturated heterocycles. The number of anilines is 4. The van der Waals surface area contributed by atoms with Crippen LogP contribution in [0.3, 0.4) is 0 Å². The van der Waals surface area contributed by atoms with Gasteiger partial charge in [0.2, 0.25) is 11.9 Å². The lowest BCUT2D eigenvalue weighted by atomic mass is 10.1. The first kappa shape index (κ1) is 17.3. The van der Waals surface area contributed by atoms with Crippen molar-refractivity contribution >= 4 is 46.0 Å². The number of nitrogens with zero attached hydrogens (tertiary/aromatic N) is 5. The first-order valence-electron chi connectivity index (χ1n) is 8.55. The van der Waals surface area contributed by atoms with Gasteiger partial charge in [-0.3, -0.25) is 0 Å². The summed E-state index contributed by atoms with van der Waals surface area (Å²) in [4.78, 5) is 13.4. The second-order valence-electron chi connectivity index (χ2n) is 6.49. The van der Waals surface area contributed by atoms with Crippen LogP contribution in [-0.2, 0) is 0 Å². The Morgan fingerprint density at radius 1 is 0.815 bits per heavy atom. The van der Waals surface area contributed by atoms with Gasteiger partial charge in [-0.1, -0.05) is 23.8 Å². The minimum Gasteiger partial charge on any atom is -0.324 e. The summed E-state index contributed by atoms with van der Waals surface area (Å²) < 4.78 is 8.60. The molecule has 8 heteroatoms. The molecule has 136 valence electrons. The van der Waals surface area contributed by atoms with Gasteiger partial charge < -0.3 is 10.6 Å². The van der Waals surface area contributed by atoms with Gasteiger partial charge in [0, 0.05) is 5.69 Å². The van der Waals surface area contributed by atoms with E-state index in [2.05, 4.69) is 67.2 Å². The van der Waals surface area contributed by atoms with Gasteiger partial charge in [0.15, 0.2) is 0 Å². The third-order valence-electron chi connectivity index (χ3n) is 4.19. The zero-order valence-corrected chi connectivity index (χ0v) is 16.3. The number of fused-ring (bicyclic) bond motifs is 1. The third kappa shape index (κ3) is 3.56. The molecule has 2 N–H and O–H groups in total. The van der Waals surface area contributed by atoms with Crippen LogP contribution >= 0.6 is 11.7 Å². The fourth-order valence-corrected chi connectivity index (χ4v) is 3.66. The van der Waals surface area contributed by atoms with E-state index < -0.39 is 0 Å². The maximum Gasteiger partial charge on any atom is 0.232 e.